The van der Waals surface area contributed by atoms with Crippen LogP contribution in [0.2, 0.25) is 5.02 Å². The molecule has 0 aliphatic rings. The molecule has 0 radical (unpaired) electrons. The van der Waals surface area contributed by atoms with Gasteiger partial charge in [-0.3, -0.25) is 25.0 Å². The van der Waals surface area contributed by atoms with Gasteiger partial charge in [0, 0.05) is 33.6 Å². The van der Waals surface area contributed by atoms with Gasteiger partial charge >= 0.3 is 5.69 Å². The minimum Gasteiger partial charge on any atom is -0.481 e. The largest absolute Gasteiger partial charge is 0.481 e. The maximum Gasteiger partial charge on any atom is 0.313 e. The molecule has 2 heterocycles. The molecule has 0 fully saturated rings. The molecule has 0 saturated heterocycles. The molecule has 6 aromatic rings. The lowest BCUT2D eigenvalue weighted by molar-refractivity contribution is -0.385. The highest BCUT2D eigenvalue weighted by Gasteiger charge is 2.22. The van der Waals surface area contributed by atoms with Crippen LogP contribution in [-0.4, -0.2) is 25.7 Å². The highest BCUT2D eigenvalue weighted by Crippen LogP contribution is 2.37. The first kappa shape index (κ1) is 28.7. The highest BCUT2D eigenvalue weighted by atomic mass is 79.9. The van der Waals surface area contributed by atoms with Crippen molar-refractivity contribution in [3.63, 3.8) is 0 Å². The topological polar surface area (TPSA) is 156 Å². The van der Waals surface area contributed by atoms with Gasteiger partial charge in [-0.1, -0.05) is 51.8 Å². The van der Waals surface area contributed by atoms with Crippen molar-refractivity contribution in [2.45, 2.75) is 6.61 Å². The van der Waals surface area contributed by atoms with Crippen LogP contribution < -0.4 is 10.3 Å². The number of fused-ring (bicyclic) bond motifs is 2. The molecular weight excluding hydrogens is 658 g/mol. The lowest BCUT2D eigenvalue weighted by Crippen LogP contribution is -2.20. The molecule has 0 atom stereocenters. The second-order valence-corrected chi connectivity index (χ2v) is 10.8. The van der Waals surface area contributed by atoms with Crippen LogP contribution in [0.25, 0.3) is 33.5 Å². The summed E-state index contributed by atoms with van der Waals surface area (Å²) in [6, 6.07) is 22.2. The molecule has 0 bridgehead atoms. The van der Waals surface area contributed by atoms with Crippen molar-refractivity contribution in [1.82, 2.24) is 9.66 Å². The number of benzene rings is 4. The van der Waals surface area contributed by atoms with Gasteiger partial charge in [-0.2, -0.15) is 9.78 Å². The number of halogens is 2. The summed E-state index contributed by atoms with van der Waals surface area (Å²) < 4.78 is 13.5. The number of nitro groups is 2. The smallest absolute Gasteiger partial charge is 0.313 e. The number of nitrogens with zero attached hydrogens (tertiary/aromatic N) is 5. The third-order valence-electron chi connectivity index (χ3n) is 6.52. The van der Waals surface area contributed by atoms with E-state index in [-0.39, 0.29) is 40.2 Å². The molecule has 6 rings (SSSR count). The molecule has 0 saturated carbocycles. The predicted molar refractivity (Wildman–Crippen MR) is 167 cm³/mol. The fourth-order valence-corrected chi connectivity index (χ4v) is 5.16. The minimum absolute atomic E-state index is 0.0989. The van der Waals surface area contributed by atoms with Crippen LogP contribution in [0, 0.1) is 20.2 Å². The van der Waals surface area contributed by atoms with Gasteiger partial charge in [0.15, 0.2) is 5.76 Å². The van der Waals surface area contributed by atoms with Crippen LogP contribution in [0.5, 0.6) is 5.75 Å². The Morgan fingerprint density at radius 3 is 2.61 bits per heavy atom. The van der Waals surface area contributed by atoms with Crippen molar-refractivity contribution in [2.24, 2.45) is 5.10 Å². The molecule has 0 aliphatic carbocycles. The summed E-state index contributed by atoms with van der Waals surface area (Å²) in [6.07, 6.45) is 1.24. The van der Waals surface area contributed by atoms with Gasteiger partial charge in [0.25, 0.3) is 11.2 Å². The summed E-state index contributed by atoms with van der Waals surface area (Å²) >= 11 is 9.84. The Kier molecular flexibility index (Phi) is 7.64. The lowest BCUT2D eigenvalue weighted by atomic mass is 10.2. The molecule has 14 heteroatoms. The molecular formula is C30H17BrClN5O7. The SMILES string of the molecule is O=c1c2ccccc2nc(-c2cc3cc(Br)ccc3o2)n1N=Cc1cc(Cl)c(OCc2cccc([N+](=O)[O-])c2)c([N+](=O)[O-])c1. The Balaban J connectivity index is 1.39. The number of ether oxygens (including phenoxy) is 1. The Labute approximate surface area is 260 Å². The van der Waals surface area contributed by atoms with E-state index in [2.05, 4.69) is 26.0 Å². The number of hydrogen-bond acceptors (Lipinski definition) is 9. The molecule has 0 aliphatic heterocycles. The Hall–Kier alpha value is -5.40. The summed E-state index contributed by atoms with van der Waals surface area (Å²) in [5.74, 6) is 0.181. The van der Waals surface area contributed by atoms with E-state index in [0.29, 0.717) is 22.0 Å². The number of nitro benzene ring substituents is 2. The number of aromatic nitrogens is 2. The third kappa shape index (κ3) is 5.65. The number of para-hydroxylation sites is 1. The number of hydrogen-bond donors (Lipinski definition) is 0. The average Bonchev–Trinajstić information content (AvgIpc) is 3.43. The molecule has 0 unspecified atom stereocenters. The van der Waals surface area contributed by atoms with Crippen molar-refractivity contribution < 1.29 is 19.0 Å². The molecule has 2 aromatic heterocycles. The van der Waals surface area contributed by atoms with E-state index >= 15 is 0 Å². The molecule has 218 valence electrons. The van der Waals surface area contributed by atoms with Crippen LogP contribution in [0.4, 0.5) is 11.4 Å². The molecule has 0 N–H and O–H groups in total. The third-order valence-corrected chi connectivity index (χ3v) is 7.30. The Bertz CT molecular complexity index is 2210. The predicted octanol–water partition coefficient (Wildman–Crippen LogP) is 7.50. The van der Waals surface area contributed by atoms with E-state index < -0.39 is 21.1 Å². The number of non-ortho nitro benzene ring substituents is 1. The maximum atomic E-state index is 13.6. The first-order valence-corrected chi connectivity index (χ1v) is 13.9. The fraction of sp³-hybridized carbons (Fsp3) is 0.0333. The van der Waals surface area contributed by atoms with Gasteiger partial charge in [0.2, 0.25) is 11.6 Å². The summed E-state index contributed by atoms with van der Waals surface area (Å²) in [5, 5.41) is 28.4. The van der Waals surface area contributed by atoms with E-state index in [1.807, 2.05) is 12.1 Å². The van der Waals surface area contributed by atoms with Crippen LogP contribution in [0.3, 0.4) is 0 Å². The van der Waals surface area contributed by atoms with Crippen LogP contribution >= 0.6 is 27.5 Å². The van der Waals surface area contributed by atoms with E-state index in [1.165, 1.54) is 36.5 Å². The van der Waals surface area contributed by atoms with Crippen LogP contribution in [0.15, 0.2) is 104 Å². The van der Waals surface area contributed by atoms with Crippen molar-refractivity contribution in [2.75, 3.05) is 0 Å². The van der Waals surface area contributed by atoms with Gasteiger partial charge in [-0.25, -0.2) is 4.98 Å². The van der Waals surface area contributed by atoms with Crippen molar-refractivity contribution >= 4 is 67.0 Å². The zero-order valence-corrected chi connectivity index (χ0v) is 24.6. The monoisotopic (exact) mass is 673 g/mol. The van der Waals surface area contributed by atoms with Gasteiger partial charge in [0.1, 0.15) is 12.2 Å². The van der Waals surface area contributed by atoms with Crippen LogP contribution in [0.1, 0.15) is 11.1 Å². The second kappa shape index (κ2) is 11.7. The summed E-state index contributed by atoms with van der Waals surface area (Å²) in [6.45, 7) is -0.203. The Morgan fingerprint density at radius 2 is 1.82 bits per heavy atom. The van der Waals surface area contributed by atoms with E-state index in [1.54, 1.807) is 42.5 Å². The van der Waals surface area contributed by atoms with Crippen molar-refractivity contribution in [3.8, 4) is 17.3 Å². The average molecular weight is 675 g/mol. The van der Waals surface area contributed by atoms with Gasteiger partial charge in [-0.05, 0) is 48.0 Å². The molecule has 44 heavy (non-hydrogen) atoms. The van der Waals surface area contributed by atoms with Gasteiger partial charge < -0.3 is 9.15 Å². The van der Waals surface area contributed by atoms with E-state index in [4.69, 9.17) is 20.8 Å². The van der Waals surface area contributed by atoms with Gasteiger partial charge in [0.05, 0.1) is 32.0 Å². The van der Waals surface area contributed by atoms with E-state index in [0.717, 1.165) is 14.5 Å². The highest BCUT2D eigenvalue weighted by molar-refractivity contribution is 9.10. The standard InChI is InChI=1S/C30H17BrClN5O7/c31-20-8-9-26-19(13-20)14-27(44-26)29-34-24-7-2-1-6-22(24)30(38)35(29)33-15-18-11-23(32)28(25(12-18)37(41)42)43-16-17-4-3-5-21(10-17)36(39)40/h1-15H,16H2. The Morgan fingerprint density at radius 1 is 1.00 bits per heavy atom. The van der Waals surface area contributed by atoms with Crippen molar-refractivity contribution in [3.05, 3.63) is 136 Å². The lowest BCUT2D eigenvalue weighted by Gasteiger charge is -2.10. The maximum absolute atomic E-state index is 13.6. The number of furan rings is 1. The second-order valence-electron chi connectivity index (χ2n) is 9.43. The molecule has 4 aromatic carbocycles. The molecule has 0 spiro atoms. The normalized spacial score (nSPS) is 11.4. The summed E-state index contributed by atoms with van der Waals surface area (Å²) in [5.41, 5.74) is 0.533. The fourth-order valence-electron chi connectivity index (χ4n) is 4.51. The zero-order valence-electron chi connectivity index (χ0n) is 22.2. The van der Waals surface area contributed by atoms with Crippen molar-refractivity contribution in [1.29, 1.82) is 0 Å². The first-order chi connectivity index (χ1) is 21.2. The summed E-state index contributed by atoms with van der Waals surface area (Å²) in [7, 11) is 0. The molecule has 0 amide bonds. The molecule has 12 nitrogen and oxygen atoms in total. The summed E-state index contributed by atoms with van der Waals surface area (Å²) in [4.78, 5) is 40.0. The zero-order chi connectivity index (χ0) is 31.0. The minimum atomic E-state index is -0.673. The van der Waals surface area contributed by atoms with Crippen LogP contribution in [-0.2, 0) is 6.61 Å². The quantitative estimate of drug-likeness (QED) is 0.0913. The van der Waals surface area contributed by atoms with Gasteiger partial charge in [-0.15, -0.1) is 0 Å². The first-order valence-electron chi connectivity index (χ1n) is 12.8. The number of rotatable bonds is 8. The van der Waals surface area contributed by atoms with E-state index in [9.17, 15) is 25.0 Å².